The summed E-state index contributed by atoms with van der Waals surface area (Å²) in [5, 5.41) is 2.67. The topological polar surface area (TPSA) is 71.0 Å². The molecule has 1 spiro atoms. The highest BCUT2D eigenvalue weighted by Crippen LogP contribution is 2.58. The highest BCUT2D eigenvalue weighted by Gasteiger charge is 2.52. The van der Waals surface area contributed by atoms with E-state index in [1.807, 2.05) is 4.90 Å². The molecule has 8 heteroatoms. The molecule has 1 amide bonds. The molecule has 1 aliphatic carbocycles. The third-order valence-electron chi connectivity index (χ3n) is 4.87. The van der Waals surface area contributed by atoms with E-state index in [0.29, 0.717) is 23.9 Å². The Balaban J connectivity index is 1.80. The molecule has 0 radical (unpaired) electrons. The van der Waals surface area contributed by atoms with E-state index in [4.69, 9.17) is 0 Å². The Labute approximate surface area is 149 Å². The lowest BCUT2D eigenvalue weighted by Gasteiger charge is -2.21. The largest absolute Gasteiger partial charge is 0.325 e. The van der Waals surface area contributed by atoms with Crippen LogP contribution >= 0.6 is 0 Å². The quantitative estimate of drug-likeness (QED) is 0.909. The van der Waals surface area contributed by atoms with E-state index >= 15 is 0 Å². The van der Waals surface area contributed by atoms with Crippen molar-refractivity contribution in [2.24, 2.45) is 0 Å². The Morgan fingerprint density at radius 1 is 1.31 bits per heavy atom. The summed E-state index contributed by atoms with van der Waals surface area (Å²) in [6.07, 6.45) is 3.83. The fraction of sp³-hybridized carbons (Fsp3) is 0.444. The minimum atomic E-state index is -3.11. The van der Waals surface area contributed by atoms with Crippen LogP contribution in [0.3, 0.4) is 0 Å². The number of anilines is 3. The molecule has 1 fully saturated rings. The fourth-order valence-electron chi connectivity index (χ4n) is 3.47. The first kappa shape index (κ1) is 16.8. The number of alkyl halides is 2. The molecule has 3 heterocycles. The minimum Gasteiger partial charge on any atom is -0.325 e. The Hall–Kier alpha value is -2.64. The van der Waals surface area contributed by atoms with Gasteiger partial charge < -0.3 is 10.2 Å². The van der Waals surface area contributed by atoms with Crippen LogP contribution in [0, 0.1) is 6.92 Å². The second kappa shape index (κ2) is 5.43. The molecular formula is C18H19F2N5O. The van der Waals surface area contributed by atoms with Crippen molar-refractivity contribution in [3.05, 3.63) is 35.4 Å². The number of amides is 1. The molecule has 0 aromatic carbocycles. The Morgan fingerprint density at radius 2 is 2.04 bits per heavy atom. The molecule has 1 N–H and O–H groups in total. The monoisotopic (exact) mass is 359 g/mol. The number of aryl methyl sites for hydroxylation is 1. The number of pyridine rings is 1. The molecule has 0 bridgehead atoms. The molecule has 0 saturated heterocycles. The zero-order valence-corrected chi connectivity index (χ0v) is 14.8. The number of rotatable bonds is 3. The van der Waals surface area contributed by atoms with Crippen LogP contribution in [0.2, 0.25) is 0 Å². The molecule has 2 aliphatic rings. The van der Waals surface area contributed by atoms with E-state index < -0.39 is 11.7 Å². The van der Waals surface area contributed by atoms with Crippen LogP contribution in [0.5, 0.6) is 0 Å². The molecule has 136 valence electrons. The summed E-state index contributed by atoms with van der Waals surface area (Å²) in [5.74, 6) is -2.93. The second-order valence-electron chi connectivity index (χ2n) is 7.21. The van der Waals surface area contributed by atoms with Gasteiger partial charge >= 0.3 is 5.92 Å². The zero-order valence-electron chi connectivity index (χ0n) is 14.8. The Kier molecular flexibility index (Phi) is 3.51. The van der Waals surface area contributed by atoms with Crippen LogP contribution < -0.4 is 10.2 Å². The lowest BCUT2D eigenvalue weighted by Crippen LogP contribution is -2.23. The first-order chi connectivity index (χ1) is 12.2. The van der Waals surface area contributed by atoms with Gasteiger partial charge in [-0.15, -0.1) is 0 Å². The van der Waals surface area contributed by atoms with Gasteiger partial charge in [-0.3, -0.25) is 4.79 Å². The van der Waals surface area contributed by atoms with E-state index in [-0.39, 0.29) is 11.3 Å². The van der Waals surface area contributed by atoms with E-state index in [1.54, 1.807) is 25.3 Å². The molecule has 0 unspecified atom stereocenters. The standard InChI is InChI=1S/C18H19F2N5O/c1-10-6-15(24-16(22-10)17(3,19)20)25-9-18(4-5-18)12-8-21-14(7-13(12)25)23-11(2)26/h6-8H,4-5,9H2,1-3H3,(H,21,23,26). The third kappa shape index (κ3) is 2.79. The molecule has 0 atom stereocenters. The van der Waals surface area contributed by atoms with Gasteiger partial charge in [0.05, 0.1) is 5.69 Å². The van der Waals surface area contributed by atoms with Crippen LogP contribution in [-0.2, 0) is 16.1 Å². The van der Waals surface area contributed by atoms with Gasteiger partial charge in [0.1, 0.15) is 11.6 Å². The summed E-state index contributed by atoms with van der Waals surface area (Å²) in [7, 11) is 0. The number of fused-ring (bicyclic) bond motifs is 2. The van der Waals surface area contributed by atoms with E-state index in [9.17, 15) is 13.6 Å². The number of carbonyl (C=O) groups is 1. The van der Waals surface area contributed by atoms with E-state index in [0.717, 1.165) is 31.0 Å². The average molecular weight is 359 g/mol. The van der Waals surface area contributed by atoms with Crippen molar-refractivity contribution < 1.29 is 13.6 Å². The Morgan fingerprint density at radius 3 is 2.65 bits per heavy atom. The van der Waals surface area contributed by atoms with Gasteiger partial charge in [-0.1, -0.05) is 0 Å². The normalized spacial score (nSPS) is 17.3. The maximum Gasteiger partial charge on any atom is 0.303 e. The molecular weight excluding hydrogens is 340 g/mol. The average Bonchev–Trinajstić information content (AvgIpc) is 3.23. The molecule has 2 aromatic heterocycles. The summed E-state index contributed by atoms with van der Waals surface area (Å²) in [4.78, 5) is 25.6. The summed E-state index contributed by atoms with van der Waals surface area (Å²) in [6.45, 7) is 4.56. The molecule has 1 saturated carbocycles. The van der Waals surface area contributed by atoms with Gasteiger partial charge in [-0.25, -0.2) is 15.0 Å². The highest BCUT2D eigenvalue weighted by atomic mass is 19.3. The van der Waals surface area contributed by atoms with Gasteiger partial charge in [-0.2, -0.15) is 8.78 Å². The SMILES string of the molecule is CC(=O)Nc1cc2c(cn1)C1(CC1)CN2c1cc(C)nc(C(C)(F)F)n1. The predicted molar refractivity (Wildman–Crippen MR) is 92.8 cm³/mol. The van der Waals surface area contributed by atoms with Crippen molar-refractivity contribution in [3.63, 3.8) is 0 Å². The van der Waals surface area contributed by atoms with Crippen LogP contribution in [-0.4, -0.2) is 27.4 Å². The molecule has 1 aliphatic heterocycles. The van der Waals surface area contributed by atoms with E-state index in [1.165, 1.54) is 6.92 Å². The third-order valence-corrected chi connectivity index (χ3v) is 4.87. The zero-order chi connectivity index (χ0) is 18.7. The van der Waals surface area contributed by atoms with Crippen molar-refractivity contribution >= 4 is 23.2 Å². The number of hydrogen-bond acceptors (Lipinski definition) is 5. The summed E-state index contributed by atoms with van der Waals surface area (Å²) >= 11 is 0. The first-order valence-corrected chi connectivity index (χ1v) is 8.48. The predicted octanol–water partition coefficient (Wildman–Crippen LogP) is 3.43. The number of halogens is 2. The van der Waals surface area contributed by atoms with Gasteiger partial charge in [-0.05, 0) is 19.8 Å². The summed E-state index contributed by atoms with van der Waals surface area (Å²) in [6, 6.07) is 3.49. The molecule has 26 heavy (non-hydrogen) atoms. The lowest BCUT2D eigenvalue weighted by atomic mass is 10.0. The second-order valence-corrected chi connectivity index (χ2v) is 7.21. The Bertz CT molecular complexity index is 905. The van der Waals surface area contributed by atoms with Crippen molar-refractivity contribution in [2.45, 2.75) is 45.0 Å². The first-order valence-electron chi connectivity index (χ1n) is 8.48. The van der Waals surface area contributed by atoms with Gasteiger partial charge in [0.25, 0.3) is 0 Å². The van der Waals surface area contributed by atoms with Crippen LogP contribution in [0.25, 0.3) is 0 Å². The van der Waals surface area contributed by atoms with Gasteiger partial charge in [0, 0.05) is 55.4 Å². The molecule has 2 aromatic rings. The lowest BCUT2D eigenvalue weighted by molar-refractivity contribution is -0.114. The fourth-order valence-corrected chi connectivity index (χ4v) is 3.47. The smallest absolute Gasteiger partial charge is 0.303 e. The van der Waals surface area contributed by atoms with E-state index in [2.05, 4.69) is 20.3 Å². The van der Waals surface area contributed by atoms with Crippen molar-refractivity contribution in [2.75, 3.05) is 16.8 Å². The minimum absolute atomic E-state index is 0.00480. The molecule has 6 nitrogen and oxygen atoms in total. The summed E-state index contributed by atoms with van der Waals surface area (Å²) < 4.78 is 27.5. The van der Waals surface area contributed by atoms with Crippen molar-refractivity contribution in [3.8, 4) is 0 Å². The summed E-state index contributed by atoms with van der Waals surface area (Å²) in [5.41, 5.74) is 2.42. The number of hydrogen-bond donors (Lipinski definition) is 1. The van der Waals surface area contributed by atoms with Crippen molar-refractivity contribution in [1.29, 1.82) is 0 Å². The van der Waals surface area contributed by atoms with Crippen LogP contribution in [0.4, 0.5) is 26.1 Å². The number of carbonyl (C=O) groups excluding carboxylic acids is 1. The maximum absolute atomic E-state index is 13.8. The number of aromatic nitrogens is 3. The number of nitrogens with zero attached hydrogens (tertiary/aromatic N) is 4. The van der Waals surface area contributed by atoms with Crippen LogP contribution in [0.1, 0.15) is 43.8 Å². The van der Waals surface area contributed by atoms with Gasteiger partial charge in [0.2, 0.25) is 11.7 Å². The van der Waals surface area contributed by atoms with Crippen LogP contribution in [0.15, 0.2) is 18.3 Å². The molecule has 4 rings (SSSR count). The number of nitrogens with one attached hydrogen (secondary N) is 1. The maximum atomic E-state index is 13.8. The van der Waals surface area contributed by atoms with Gasteiger partial charge in [0.15, 0.2) is 0 Å². The van der Waals surface area contributed by atoms with Crippen molar-refractivity contribution in [1.82, 2.24) is 15.0 Å². The highest BCUT2D eigenvalue weighted by molar-refractivity contribution is 5.89.